The van der Waals surface area contributed by atoms with E-state index < -0.39 is 48.4 Å². The number of hydrogen-bond donors (Lipinski definition) is 5. The lowest BCUT2D eigenvalue weighted by Gasteiger charge is -2.26. The number of hydrogen-bond acceptors (Lipinski definition) is 5. The Morgan fingerprint density at radius 2 is 1.55 bits per heavy atom. The number of carbonyl (C=O) groups excluding carboxylic acids is 3. The van der Waals surface area contributed by atoms with Crippen LogP contribution in [0.5, 0.6) is 0 Å². The minimum atomic E-state index is -1.19. The summed E-state index contributed by atoms with van der Waals surface area (Å²) in [5.74, 6) is -2.81. The molecule has 0 aliphatic heterocycles. The van der Waals surface area contributed by atoms with E-state index in [4.69, 9.17) is 10.8 Å². The molecule has 0 fully saturated rings. The van der Waals surface area contributed by atoms with E-state index in [1.165, 1.54) is 0 Å². The average Bonchev–Trinajstić information content (AvgIpc) is 2.69. The summed E-state index contributed by atoms with van der Waals surface area (Å²) in [5.41, 5.74) is 6.72. The third kappa shape index (κ3) is 9.61. The first-order valence-electron chi connectivity index (χ1n) is 10.4. The highest BCUT2D eigenvalue weighted by atomic mass is 16.4. The predicted molar refractivity (Wildman–Crippen MR) is 117 cm³/mol. The number of nitrogens with one attached hydrogen (secondary N) is 3. The highest BCUT2D eigenvalue weighted by Gasteiger charge is 2.30. The second-order valence-electron chi connectivity index (χ2n) is 8.33. The number of amides is 3. The van der Waals surface area contributed by atoms with Gasteiger partial charge in [0.05, 0.1) is 6.04 Å². The Morgan fingerprint density at radius 1 is 0.935 bits per heavy atom. The Balaban J connectivity index is 2.94. The van der Waals surface area contributed by atoms with Gasteiger partial charge in [0.25, 0.3) is 0 Å². The van der Waals surface area contributed by atoms with Gasteiger partial charge in [0.15, 0.2) is 0 Å². The predicted octanol–water partition coefficient (Wildman–Crippen LogP) is 0.429. The lowest BCUT2D eigenvalue weighted by Crippen LogP contribution is -2.58. The fourth-order valence-electron chi connectivity index (χ4n) is 3.02. The van der Waals surface area contributed by atoms with Crippen LogP contribution in [-0.2, 0) is 25.6 Å². The van der Waals surface area contributed by atoms with Gasteiger partial charge in [-0.2, -0.15) is 0 Å². The SMILES string of the molecule is CC(C)CC(N)C(=O)NC(C(=O)NC(Cc1ccccc1)C(=O)NCC(=O)O)C(C)C. The van der Waals surface area contributed by atoms with Crippen LogP contribution in [0.1, 0.15) is 39.7 Å². The van der Waals surface area contributed by atoms with Crippen molar-refractivity contribution in [3.8, 4) is 0 Å². The third-order valence-corrected chi connectivity index (χ3v) is 4.64. The Morgan fingerprint density at radius 3 is 2.06 bits per heavy atom. The second-order valence-corrected chi connectivity index (χ2v) is 8.33. The molecule has 1 rings (SSSR count). The zero-order valence-electron chi connectivity index (χ0n) is 18.6. The normalized spacial score (nSPS) is 13.9. The minimum Gasteiger partial charge on any atom is -0.480 e. The summed E-state index contributed by atoms with van der Waals surface area (Å²) < 4.78 is 0. The van der Waals surface area contributed by atoms with Crippen molar-refractivity contribution in [2.75, 3.05) is 6.54 Å². The molecule has 0 aromatic heterocycles. The molecular formula is C22H34N4O5. The van der Waals surface area contributed by atoms with E-state index in [1.807, 2.05) is 19.9 Å². The molecule has 3 amide bonds. The zero-order valence-corrected chi connectivity index (χ0v) is 18.6. The van der Waals surface area contributed by atoms with E-state index in [9.17, 15) is 19.2 Å². The molecule has 0 aliphatic rings. The lowest BCUT2D eigenvalue weighted by atomic mass is 9.99. The molecule has 0 aliphatic carbocycles. The van der Waals surface area contributed by atoms with Crippen molar-refractivity contribution >= 4 is 23.7 Å². The van der Waals surface area contributed by atoms with E-state index in [1.54, 1.807) is 38.1 Å². The molecule has 172 valence electrons. The third-order valence-electron chi connectivity index (χ3n) is 4.64. The van der Waals surface area contributed by atoms with Gasteiger partial charge < -0.3 is 26.8 Å². The van der Waals surface area contributed by atoms with Crippen LogP contribution in [0.15, 0.2) is 30.3 Å². The highest BCUT2D eigenvalue weighted by Crippen LogP contribution is 2.08. The molecule has 0 heterocycles. The van der Waals surface area contributed by atoms with Crippen LogP contribution in [0.3, 0.4) is 0 Å². The summed E-state index contributed by atoms with van der Waals surface area (Å²) in [4.78, 5) is 48.7. The Hall–Kier alpha value is -2.94. The molecule has 0 bridgehead atoms. The molecular weight excluding hydrogens is 400 g/mol. The van der Waals surface area contributed by atoms with Crippen LogP contribution in [0.25, 0.3) is 0 Å². The number of benzene rings is 1. The molecule has 3 unspecified atom stereocenters. The van der Waals surface area contributed by atoms with Crippen molar-refractivity contribution in [2.45, 2.75) is 58.7 Å². The maximum absolute atomic E-state index is 12.9. The molecule has 31 heavy (non-hydrogen) atoms. The molecule has 1 aromatic carbocycles. The summed E-state index contributed by atoms with van der Waals surface area (Å²) >= 11 is 0. The fraction of sp³-hybridized carbons (Fsp3) is 0.545. The van der Waals surface area contributed by atoms with Gasteiger partial charge in [0.2, 0.25) is 17.7 Å². The second kappa shape index (κ2) is 12.7. The first-order valence-corrected chi connectivity index (χ1v) is 10.4. The van der Waals surface area contributed by atoms with Crippen LogP contribution in [-0.4, -0.2) is 53.5 Å². The number of carboxylic acids is 1. The number of rotatable bonds is 12. The fourth-order valence-corrected chi connectivity index (χ4v) is 3.02. The van der Waals surface area contributed by atoms with Gasteiger partial charge in [-0.05, 0) is 23.8 Å². The molecule has 0 saturated heterocycles. The van der Waals surface area contributed by atoms with E-state index in [-0.39, 0.29) is 18.3 Å². The summed E-state index contributed by atoms with van der Waals surface area (Å²) in [6.07, 6.45) is 0.649. The maximum atomic E-state index is 12.9. The average molecular weight is 435 g/mol. The quantitative estimate of drug-likeness (QED) is 0.322. The van der Waals surface area contributed by atoms with E-state index >= 15 is 0 Å². The van der Waals surface area contributed by atoms with Crippen LogP contribution in [0.4, 0.5) is 0 Å². The highest BCUT2D eigenvalue weighted by molar-refractivity contribution is 5.93. The molecule has 0 spiro atoms. The zero-order chi connectivity index (χ0) is 23.6. The Bertz CT molecular complexity index is 752. The topological polar surface area (TPSA) is 151 Å². The van der Waals surface area contributed by atoms with Crippen molar-refractivity contribution in [2.24, 2.45) is 17.6 Å². The van der Waals surface area contributed by atoms with Crippen molar-refractivity contribution in [3.05, 3.63) is 35.9 Å². The molecule has 6 N–H and O–H groups in total. The van der Waals surface area contributed by atoms with Crippen LogP contribution >= 0.6 is 0 Å². The summed E-state index contributed by atoms with van der Waals surface area (Å²) in [6, 6.07) is 6.40. The van der Waals surface area contributed by atoms with Crippen molar-refractivity contribution < 1.29 is 24.3 Å². The van der Waals surface area contributed by atoms with Crippen molar-refractivity contribution in [1.82, 2.24) is 16.0 Å². The van der Waals surface area contributed by atoms with Gasteiger partial charge in [0, 0.05) is 6.42 Å². The molecule has 0 saturated carbocycles. The molecule has 9 heteroatoms. The largest absolute Gasteiger partial charge is 0.480 e. The summed E-state index contributed by atoms with van der Waals surface area (Å²) in [6.45, 7) is 6.88. The van der Waals surface area contributed by atoms with Crippen LogP contribution in [0.2, 0.25) is 0 Å². The smallest absolute Gasteiger partial charge is 0.322 e. The van der Waals surface area contributed by atoms with E-state index in [0.717, 1.165) is 5.56 Å². The van der Waals surface area contributed by atoms with E-state index in [2.05, 4.69) is 16.0 Å². The van der Waals surface area contributed by atoms with Gasteiger partial charge >= 0.3 is 5.97 Å². The molecule has 3 atom stereocenters. The first kappa shape index (κ1) is 26.1. The van der Waals surface area contributed by atoms with Crippen LogP contribution in [0, 0.1) is 11.8 Å². The Labute approximate surface area is 183 Å². The molecule has 1 aromatic rings. The van der Waals surface area contributed by atoms with Gasteiger partial charge in [-0.1, -0.05) is 58.0 Å². The first-order chi connectivity index (χ1) is 14.5. The summed E-state index contributed by atoms with van der Waals surface area (Å²) in [7, 11) is 0. The summed E-state index contributed by atoms with van der Waals surface area (Å²) in [5, 5.41) is 16.5. The van der Waals surface area contributed by atoms with Crippen molar-refractivity contribution in [1.29, 1.82) is 0 Å². The van der Waals surface area contributed by atoms with Gasteiger partial charge in [-0.15, -0.1) is 0 Å². The molecule has 0 radical (unpaired) electrons. The lowest BCUT2D eigenvalue weighted by molar-refractivity contribution is -0.138. The van der Waals surface area contributed by atoms with Gasteiger partial charge in [-0.3, -0.25) is 19.2 Å². The monoisotopic (exact) mass is 434 g/mol. The maximum Gasteiger partial charge on any atom is 0.322 e. The standard InChI is InChI=1S/C22H34N4O5/c1-13(2)10-16(23)20(29)26-19(14(3)4)22(31)25-17(21(30)24-12-18(27)28)11-15-8-6-5-7-9-15/h5-9,13-14,16-17,19H,10-12,23H2,1-4H3,(H,24,30)(H,25,31)(H,26,29)(H,27,28). The van der Waals surface area contributed by atoms with Crippen LogP contribution < -0.4 is 21.7 Å². The van der Waals surface area contributed by atoms with Gasteiger partial charge in [0.1, 0.15) is 18.6 Å². The number of carbonyl (C=O) groups is 4. The Kier molecular flexibility index (Phi) is 10.7. The minimum absolute atomic E-state index is 0.170. The number of nitrogens with two attached hydrogens (primary N) is 1. The molecule has 9 nitrogen and oxygen atoms in total. The van der Waals surface area contributed by atoms with Crippen molar-refractivity contribution in [3.63, 3.8) is 0 Å². The number of aliphatic carboxylic acids is 1. The van der Waals surface area contributed by atoms with Gasteiger partial charge in [-0.25, -0.2) is 0 Å². The van der Waals surface area contributed by atoms with E-state index in [0.29, 0.717) is 6.42 Å². The number of carboxylic acid groups (broad SMARTS) is 1.